The Bertz CT molecular complexity index is 1290. The molecule has 0 aliphatic heterocycles. The molecule has 0 radical (unpaired) electrons. The third kappa shape index (κ3) is 5.02. The number of benzene rings is 2. The number of carbonyl (C=O) groups excluding carboxylic acids is 1. The largest absolute Gasteiger partial charge is 0.505 e. The molecule has 35 heavy (non-hydrogen) atoms. The molecule has 3 aromatic rings. The maximum absolute atomic E-state index is 13.2. The number of fused-ring (bicyclic) bond motifs is 1. The fourth-order valence-electron chi connectivity index (χ4n) is 4.77. The van der Waals surface area contributed by atoms with Gasteiger partial charge in [-0.15, -0.1) is 0 Å². The van der Waals surface area contributed by atoms with Gasteiger partial charge in [-0.3, -0.25) is 9.78 Å². The molecular weight excluding hydrogens is 489 g/mol. The summed E-state index contributed by atoms with van der Waals surface area (Å²) in [5.41, 5.74) is 3.67. The van der Waals surface area contributed by atoms with Gasteiger partial charge in [0.05, 0.1) is 26.8 Å². The van der Waals surface area contributed by atoms with Gasteiger partial charge in [-0.05, 0) is 73.9 Å². The number of phenolic OH excluding ortho intramolecular Hbond substituents is 1. The number of carbonyl (C=O) groups is 2. The summed E-state index contributed by atoms with van der Waals surface area (Å²) >= 11 is 12.3. The Kier molecular flexibility index (Phi) is 6.47. The second-order valence-corrected chi connectivity index (χ2v) is 10.2. The molecule has 2 fully saturated rings. The molecule has 7 nitrogen and oxygen atoms in total. The third-order valence-electron chi connectivity index (χ3n) is 6.84. The number of pyridine rings is 1. The predicted octanol–water partition coefficient (Wildman–Crippen LogP) is 6.50. The van der Waals surface area contributed by atoms with Crippen LogP contribution in [0.3, 0.4) is 0 Å². The van der Waals surface area contributed by atoms with Gasteiger partial charge in [-0.25, -0.2) is 4.79 Å². The molecule has 0 atom stereocenters. The van der Waals surface area contributed by atoms with Gasteiger partial charge in [-0.2, -0.15) is 0 Å². The van der Waals surface area contributed by atoms with E-state index in [1.807, 2.05) is 18.2 Å². The van der Waals surface area contributed by atoms with Gasteiger partial charge in [0.1, 0.15) is 0 Å². The van der Waals surface area contributed by atoms with Gasteiger partial charge < -0.3 is 20.8 Å². The first kappa shape index (κ1) is 23.7. The lowest BCUT2D eigenvalue weighted by Crippen LogP contribution is -2.39. The number of hydrogen-bond donors (Lipinski definition) is 4. The van der Waals surface area contributed by atoms with Crippen LogP contribution in [0.5, 0.6) is 5.75 Å². The summed E-state index contributed by atoms with van der Waals surface area (Å²) in [6.07, 6.45) is 5.49. The lowest BCUT2D eigenvalue weighted by molar-refractivity contribution is 0.0968. The Hall–Kier alpha value is -3.03. The van der Waals surface area contributed by atoms with Crippen LogP contribution in [0.15, 0.2) is 36.5 Å². The monoisotopic (exact) mass is 513 g/mol. The van der Waals surface area contributed by atoms with Crippen LogP contribution in [-0.4, -0.2) is 39.2 Å². The molecule has 0 saturated heterocycles. The zero-order valence-corrected chi connectivity index (χ0v) is 20.4. The number of halogens is 2. The SMILES string of the molecule is O=C(O)NC1CCC(Nc2c(C(=O)C3CC3)cnc3ccc(-c4cc(Cl)c(O)c(Cl)c4)cc23)CC1. The molecule has 2 aliphatic carbocycles. The normalized spacial score (nSPS) is 19.9. The average molecular weight is 514 g/mol. The van der Waals surface area contributed by atoms with Crippen molar-refractivity contribution in [2.45, 2.75) is 50.6 Å². The molecule has 1 aromatic heterocycles. The zero-order chi connectivity index (χ0) is 24.7. The van der Waals surface area contributed by atoms with Crippen molar-refractivity contribution in [1.29, 1.82) is 0 Å². The first-order chi connectivity index (χ1) is 16.8. The summed E-state index contributed by atoms with van der Waals surface area (Å²) in [5, 5.41) is 26.3. The minimum Gasteiger partial charge on any atom is -0.505 e. The number of hydrogen-bond acceptors (Lipinski definition) is 5. The lowest BCUT2D eigenvalue weighted by atomic mass is 9.90. The van der Waals surface area contributed by atoms with Gasteiger partial charge in [0.15, 0.2) is 11.5 Å². The maximum Gasteiger partial charge on any atom is 0.404 e. The molecule has 1 heterocycles. The van der Waals surface area contributed by atoms with Crippen LogP contribution in [-0.2, 0) is 0 Å². The molecule has 2 aliphatic rings. The summed E-state index contributed by atoms with van der Waals surface area (Å²) in [6.45, 7) is 0. The fraction of sp³-hybridized carbons (Fsp3) is 0.346. The number of Topliss-reactive ketones (excluding diaryl/α,β-unsaturated/α-hetero) is 1. The van der Waals surface area contributed by atoms with Gasteiger partial charge >= 0.3 is 6.09 Å². The smallest absolute Gasteiger partial charge is 0.404 e. The number of phenols is 1. The number of aromatic hydroxyl groups is 1. The van der Waals surface area contributed by atoms with Crippen molar-refractivity contribution < 1.29 is 19.8 Å². The maximum atomic E-state index is 13.2. The standard InChI is InChI=1S/C26H25Cl2N3O4/c27-20-10-15(11-21(28)25(20)33)14-3-8-22-18(9-14)23(19(12-29-22)24(32)13-1-2-13)30-16-4-6-17(7-5-16)31-26(34)35/h3,8-13,16-17,31,33H,1-2,4-7H2,(H,29,30)(H,34,35). The summed E-state index contributed by atoms with van der Waals surface area (Å²) in [5.74, 6) is -0.0142. The van der Waals surface area contributed by atoms with E-state index in [4.69, 9.17) is 28.3 Å². The molecule has 9 heteroatoms. The average Bonchev–Trinajstić information content (AvgIpc) is 3.68. The van der Waals surface area contributed by atoms with E-state index in [0.29, 0.717) is 5.56 Å². The van der Waals surface area contributed by atoms with Crippen molar-refractivity contribution in [3.8, 4) is 16.9 Å². The van der Waals surface area contributed by atoms with E-state index in [2.05, 4.69) is 15.6 Å². The highest BCUT2D eigenvalue weighted by atomic mass is 35.5. The van der Waals surface area contributed by atoms with E-state index in [1.54, 1.807) is 18.3 Å². The van der Waals surface area contributed by atoms with E-state index >= 15 is 0 Å². The second kappa shape index (κ2) is 9.55. The van der Waals surface area contributed by atoms with Crippen LogP contribution >= 0.6 is 23.2 Å². The Balaban J connectivity index is 1.53. The van der Waals surface area contributed by atoms with E-state index < -0.39 is 6.09 Å². The summed E-state index contributed by atoms with van der Waals surface area (Å²) in [7, 11) is 0. The van der Waals surface area contributed by atoms with Gasteiger partial charge in [0, 0.05) is 29.6 Å². The van der Waals surface area contributed by atoms with E-state index in [1.165, 1.54) is 0 Å². The second-order valence-electron chi connectivity index (χ2n) is 9.35. The molecule has 0 spiro atoms. The zero-order valence-electron chi connectivity index (χ0n) is 18.9. The number of anilines is 1. The van der Waals surface area contributed by atoms with Gasteiger partial charge in [-0.1, -0.05) is 29.3 Å². The van der Waals surface area contributed by atoms with Crippen molar-refractivity contribution in [2.24, 2.45) is 5.92 Å². The van der Waals surface area contributed by atoms with Crippen LogP contribution in [0.4, 0.5) is 10.5 Å². The molecule has 4 N–H and O–H groups in total. The number of aromatic nitrogens is 1. The van der Waals surface area contributed by atoms with Crippen molar-refractivity contribution in [1.82, 2.24) is 10.3 Å². The molecular formula is C26H25Cl2N3O4. The number of amides is 1. The topological polar surface area (TPSA) is 112 Å². The van der Waals surface area contributed by atoms with Crippen LogP contribution < -0.4 is 10.6 Å². The predicted molar refractivity (Wildman–Crippen MR) is 137 cm³/mol. The van der Waals surface area contributed by atoms with E-state index in [9.17, 15) is 14.7 Å². The molecule has 2 saturated carbocycles. The molecule has 0 bridgehead atoms. The van der Waals surface area contributed by atoms with E-state index in [0.717, 1.165) is 66.2 Å². The third-order valence-corrected chi connectivity index (χ3v) is 7.41. The highest BCUT2D eigenvalue weighted by molar-refractivity contribution is 6.37. The minimum atomic E-state index is -0.999. The minimum absolute atomic E-state index is 0.0446. The lowest BCUT2D eigenvalue weighted by Gasteiger charge is -2.30. The molecule has 0 unspecified atom stereocenters. The quantitative estimate of drug-likeness (QED) is 0.280. The van der Waals surface area contributed by atoms with Crippen LogP contribution in [0.25, 0.3) is 22.0 Å². The first-order valence-electron chi connectivity index (χ1n) is 11.7. The number of nitrogens with one attached hydrogen (secondary N) is 2. The Labute approximate surface area is 212 Å². The fourth-order valence-corrected chi connectivity index (χ4v) is 5.26. The number of ketones is 1. The Morgan fingerprint density at radius 2 is 1.57 bits per heavy atom. The molecule has 1 amide bonds. The Morgan fingerprint density at radius 3 is 2.20 bits per heavy atom. The van der Waals surface area contributed by atoms with Crippen LogP contribution in [0.2, 0.25) is 10.0 Å². The highest BCUT2D eigenvalue weighted by Crippen LogP contribution is 2.40. The first-order valence-corrected chi connectivity index (χ1v) is 12.5. The van der Waals surface area contributed by atoms with Gasteiger partial charge in [0.25, 0.3) is 0 Å². The molecule has 5 rings (SSSR count). The van der Waals surface area contributed by atoms with Crippen molar-refractivity contribution in [3.05, 3.63) is 52.1 Å². The van der Waals surface area contributed by atoms with Gasteiger partial charge in [0.2, 0.25) is 0 Å². The highest BCUT2D eigenvalue weighted by Gasteiger charge is 2.33. The number of rotatable bonds is 6. The molecule has 2 aromatic carbocycles. The van der Waals surface area contributed by atoms with Crippen molar-refractivity contribution in [3.63, 3.8) is 0 Å². The summed E-state index contributed by atoms with van der Waals surface area (Å²) < 4.78 is 0. The molecule has 182 valence electrons. The van der Waals surface area contributed by atoms with Crippen molar-refractivity contribution in [2.75, 3.05) is 5.32 Å². The van der Waals surface area contributed by atoms with Crippen molar-refractivity contribution >= 4 is 51.7 Å². The number of nitrogens with zero attached hydrogens (tertiary/aromatic N) is 1. The number of carboxylic acid groups (broad SMARTS) is 1. The Morgan fingerprint density at radius 1 is 0.914 bits per heavy atom. The van der Waals surface area contributed by atoms with E-state index in [-0.39, 0.29) is 39.6 Å². The van der Waals surface area contributed by atoms with Crippen LogP contribution in [0, 0.1) is 5.92 Å². The van der Waals surface area contributed by atoms with Crippen LogP contribution in [0.1, 0.15) is 48.9 Å². The summed E-state index contributed by atoms with van der Waals surface area (Å²) in [6, 6.07) is 9.13. The summed E-state index contributed by atoms with van der Waals surface area (Å²) in [4.78, 5) is 28.7.